The average molecular weight is 266 g/mol. The second-order valence-corrected chi connectivity index (χ2v) is 5.37. The molecule has 0 aliphatic rings. The fourth-order valence-corrected chi connectivity index (χ4v) is 2.21. The number of nitrogens with two attached hydrogens (primary N) is 1. The van der Waals surface area contributed by atoms with Crippen LogP contribution in [0.1, 0.15) is 31.2 Å². The minimum Gasteiger partial charge on any atom is -0.399 e. The van der Waals surface area contributed by atoms with Crippen molar-refractivity contribution in [2.45, 2.75) is 25.7 Å². The molecule has 0 fully saturated rings. The Balaban J connectivity index is 2.37. The van der Waals surface area contributed by atoms with Crippen molar-refractivity contribution in [2.24, 2.45) is 0 Å². The van der Waals surface area contributed by atoms with Crippen LogP contribution in [-0.2, 0) is 4.79 Å². The topological polar surface area (TPSA) is 55.1 Å². The Morgan fingerprint density at radius 3 is 2.89 bits per heavy atom. The third kappa shape index (κ3) is 5.00. The quantitative estimate of drug-likeness (QED) is 0.589. The molecule has 1 rings (SSSR count). The van der Waals surface area contributed by atoms with Gasteiger partial charge in [-0.15, -0.1) is 0 Å². The molecule has 0 heterocycles. The Labute approximate surface area is 114 Å². The molecule has 1 aromatic rings. The number of carbonyl (C=O) groups is 1. The fraction of sp³-hybridized carbons (Fsp3) is 0.500. The van der Waals surface area contributed by atoms with Gasteiger partial charge in [-0.25, -0.2) is 0 Å². The fourth-order valence-electron chi connectivity index (χ4n) is 1.72. The maximum atomic E-state index is 11.9. The monoisotopic (exact) mass is 266 g/mol. The average Bonchev–Trinajstić information content (AvgIpc) is 2.37. The lowest BCUT2D eigenvalue weighted by Crippen LogP contribution is -2.28. The molecule has 0 aliphatic heterocycles. The van der Waals surface area contributed by atoms with Gasteiger partial charge in [0.05, 0.1) is 5.92 Å². The highest BCUT2D eigenvalue weighted by atomic mass is 32.2. The maximum Gasteiger partial charge on any atom is 0.227 e. The number of rotatable bonds is 7. The van der Waals surface area contributed by atoms with Crippen LogP contribution < -0.4 is 11.1 Å². The van der Waals surface area contributed by atoms with Gasteiger partial charge < -0.3 is 11.1 Å². The van der Waals surface area contributed by atoms with Crippen LogP contribution in [0, 0.1) is 0 Å². The van der Waals surface area contributed by atoms with Gasteiger partial charge in [0.15, 0.2) is 0 Å². The molecule has 1 amide bonds. The molecule has 0 aromatic heterocycles. The number of anilines is 1. The number of nitrogens with one attached hydrogen (secondary N) is 1. The first-order valence-corrected chi connectivity index (χ1v) is 7.66. The molecule has 18 heavy (non-hydrogen) atoms. The van der Waals surface area contributed by atoms with E-state index in [0.717, 1.165) is 30.7 Å². The summed E-state index contributed by atoms with van der Waals surface area (Å²) < 4.78 is 0. The Morgan fingerprint density at radius 2 is 2.22 bits per heavy atom. The van der Waals surface area contributed by atoms with Crippen molar-refractivity contribution >= 4 is 23.4 Å². The van der Waals surface area contributed by atoms with E-state index in [4.69, 9.17) is 5.73 Å². The Kier molecular flexibility index (Phi) is 6.65. The summed E-state index contributed by atoms with van der Waals surface area (Å²) in [5.41, 5.74) is 7.39. The predicted molar refractivity (Wildman–Crippen MR) is 79.9 cm³/mol. The highest BCUT2D eigenvalue weighted by Crippen LogP contribution is 2.17. The number of hydrogen-bond donors (Lipinski definition) is 2. The maximum absolute atomic E-state index is 11.9. The molecule has 0 saturated carbocycles. The van der Waals surface area contributed by atoms with Crippen LogP contribution in [0.2, 0.25) is 0 Å². The van der Waals surface area contributed by atoms with Crippen LogP contribution in [0.4, 0.5) is 5.69 Å². The van der Waals surface area contributed by atoms with Crippen LogP contribution in [0.15, 0.2) is 24.3 Å². The second-order valence-electron chi connectivity index (χ2n) is 4.38. The summed E-state index contributed by atoms with van der Waals surface area (Å²) in [4.78, 5) is 11.9. The van der Waals surface area contributed by atoms with Crippen LogP contribution >= 0.6 is 11.8 Å². The molecule has 100 valence electrons. The normalized spacial score (nSPS) is 12.1. The summed E-state index contributed by atoms with van der Waals surface area (Å²) in [7, 11) is 0. The second kappa shape index (κ2) is 8.03. The lowest BCUT2D eigenvalue weighted by molar-refractivity contribution is -0.122. The zero-order valence-electron chi connectivity index (χ0n) is 11.1. The van der Waals surface area contributed by atoms with Gasteiger partial charge in [-0.05, 0) is 49.5 Å². The molecule has 0 saturated heterocycles. The Bertz CT molecular complexity index is 382. The highest BCUT2D eigenvalue weighted by Gasteiger charge is 2.14. The number of unbranched alkanes of at least 4 members (excludes halogenated alkanes) is 1. The molecule has 0 spiro atoms. The SMILES string of the molecule is CSCCCCNC(=O)C(C)c1cccc(N)c1. The van der Waals surface area contributed by atoms with Crippen molar-refractivity contribution < 1.29 is 4.79 Å². The van der Waals surface area contributed by atoms with Crippen molar-refractivity contribution in [3.63, 3.8) is 0 Å². The molecule has 0 aliphatic carbocycles. The number of hydrogen-bond acceptors (Lipinski definition) is 3. The van der Waals surface area contributed by atoms with Crippen molar-refractivity contribution in [1.82, 2.24) is 5.32 Å². The Morgan fingerprint density at radius 1 is 1.44 bits per heavy atom. The van der Waals surface area contributed by atoms with E-state index in [1.54, 1.807) is 0 Å². The van der Waals surface area contributed by atoms with Gasteiger partial charge in [-0.2, -0.15) is 11.8 Å². The van der Waals surface area contributed by atoms with E-state index in [9.17, 15) is 4.79 Å². The van der Waals surface area contributed by atoms with E-state index in [1.807, 2.05) is 43.0 Å². The van der Waals surface area contributed by atoms with Crippen LogP contribution in [-0.4, -0.2) is 24.5 Å². The first kappa shape index (κ1) is 14.9. The molecular weight excluding hydrogens is 244 g/mol. The van der Waals surface area contributed by atoms with Gasteiger partial charge in [-0.3, -0.25) is 4.79 Å². The number of thioether (sulfide) groups is 1. The van der Waals surface area contributed by atoms with Gasteiger partial charge in [0, 0.05) is 12.2 Å². The minimum atomic E-state index is -0.144. The number of benzene rings is 1. The standard InChI is InChI=1S/C14H22N2OS/c1-11(12-6-5-7-13(15)10-12)14(17)16-8-3-4-9-18-2/h5-7,10-11H,3-4,8-9,15H2,1-2H3,(H,16,17). The predicted octanol–water partition coefficient (Wildman–Crippen LogP) is 2.63. The molecule has 1 atom stereocenters. The lowest BCUT2D eigenvalue weighted by Gasteiger charge is -2.13. The van der Waals surface area contributed by atoms with Crippen LogP contribution in [0.25, 0.3) is 0 Å². The van der Waals surface area contributed by atoms with E-state index in [2.05, 4.69) is 11.6 Å². The molecule has 0 bridgehead atoms. The minimum absolute atomic E-state index is 0.0738. The van der Waals surface area contributed by atoms with Crippen molar-refractivity contribution in [2.75, 3.05) is 24.3 Å². The summed E-state index contributed by atoms with van der Waals surface area (Å²) in [5.74, 6) is 1.08. The summed E-state index contributed by atoms with van der Waals surface area (Å²) in [5, 5.41) is 2.97. The smallest absolute Gasteiger partial charge is 0.227 e. The first-order valence-electron chi connectivity index (χ1n) is 6.27. The molecule has 0 radical (unpaired) electrons. The molecule has 3 N–H and O–H groups in total. The number of nitrogen functional groups attached to an aromatic ring is 1. The molecule has 3 nitrogen and oxygen atoms in total. The van der Waals surface area contributed by atoms with E-state index >= 15 is 0 Å². The van der Waals surface area contributed by atoms with Gasteiger partial charge in [0.1, 0.15) is 0 Å². The third-order valence-corrected chi connectivity index (χ3v) is 3.58. The van der Waals surface area contributed by atoms with Gasteiger partial charge in [-0.1, -0.05) is 12.1 Å². The molecular formula is C14H22N2OS. The number of amides is 1. The summed E-state index contributed by atoms with van der Waals surface area (Å²) in [6.45, 7) is 2.66. The molecule has 4 heteroatoms. The third-order valence-electron chi connectivity index (χ3n) is 2.88. The van der Waals surface area contributed by atoms with Crippen LogP contribution in [0.3, 0.4) is 0 Å². The highest BCUT2D eigenvalue weighted by molar-refractivity contribution is 7.98. The van der Waals surface area contributed by atoms with Gasteiger partial charge in [0.25, 0.3) is 0 Å². The van der Waals surface area contributed by atoms with E-state index in [1.165, 1.54) is 0 Å². The van der Waals surface area contributed by atoms with Crippen LogP contribution in [0.5, 0.6) is 0 Å². The summed E-state index contributed by atoms with van der Waals surface area (Å²) >= 11 is 1.84. The number of carbonyl (C=O) groups excluding carboxylic acids is 1. The molecule has 1 aromatic carbocycles. The van der Waals surface area contributed by atoms with E-state index in [0.29, 0.717) is 5.69 Å². The first-order chi connectivity index (χ1) is 8.65. The van der Waals surface area contributed by atoms with Crippen molar-refractivity contribution in [1.29, 1.82) is 0 Å². The summed E-state index contributed by atoms with van der Waals surface area (Å²) in [6.07, 6.45) is 4.28. The molecule has 1 unspecified atom stereocenters. The summed E-state index contributed by atoms with van der Waals surface area (Å²) in [6, 6.07) is 7.51. The zero-order chi connectivity index (χ0) is 13.4. The van der Waals surface area contributed by atoms with E-state index < -0.39 is 0 Å². The van der Waals surface area contributed by atoms with Crippen molar-refractivity contribution in [3.8, 4) is 0 Å². The van der Waals surface area contributed by atoms with Gasteiger partial charge in [0.2, 0.25) is 5.91 Å². The lowest BCUT2D eigenvalue weighted by atomic mass is 10.00. The van der Waals surface area contributed by atoms with E-state index in [-0.39, 0.29) is 11.8 Å². The van der Waals surface area contributed by atoms with Crippen molar-refractivity contribution in [3.05, 3.63) is 29.8 Å². The van der Waals surface area contributed by atoms with Gasteiger partial charge >= 0.3 is 0 Å². The largest absolute Gasteiger partial charge is 0.399 e. The Hall–Kier alpha value is -1.16. The zero-order valence-corrected chi connectivity index (χ0v) is 11.9.